The van der Waals surface area contributed by atoms with Crippen LogP contribution in [0.15, 0.2) is 0 Å². The molecule has 1 saturated carbocycles. The standard InChI is InChI=1S/C19H38N2/c1-6-10-15(2)21-14-17(16-11-8-7-9-12-16)20-13-18(21)19(3,4)5/h15-18,20H,6-14H2,1-5H3. The molecule has 2 fully saturated rings. The minimum atomic E-state index is 0.368. The van der Waals surface area contributed by atoms with E-state index in [0.29, 0.717) is 11.5 Å². The smallest absolute Gasteiger partial charge is 0.0272 e. The van der Waals surface area contributed by atoms with Crippen molar-refractivity contribution < 1.29 is 0 Å². The predicted octanol–water partition coefficient (Wildman–Crippen LogP) is 4.44. The monoisotopic (exact) mass is 294 g/mol. The summed E-state index contributed by atoms with van der Waals surface area (Å²) in [6.07, 6.45) is 9.91. The summed E-state index contributed by atoms with van der Waals surface area (Å²) in [6.45, 7) is 14.4. The van der Waals surface area contributed by atoms with Crippen LogP contribution in [0.5, 0.6) is 0 Å². The third-order valence-electron chi connectivity index (χ3n) is 5.87. The first-order valence-electron chi connectivity index (χ1n) is 9.42. The summed E-state index contributed by atoms with van der Waals surface area (Å²) in [5.41, 5.74) is 0.368. The Hall–Kier alpha value is -0.0800. The molecule has 1 aliphatic heterocycles. The van der Waals surface area contributed by atoms with Gasteiger partial charge in [-0.1, -0.05) is 53.4 Å². The molecule has 3 atom stereocenters. The number of hydrogen-bond acceptors (Lipinski definition) is 2. The molecule has 3 unspecified atom stereocenters. The number of piperazine rings is 1. The van der Waals surface area contributed by atoms with Gasteiger partial charge >= 0.3 is 0 Å². The first-order valence-corrected chi connectivity index (χ1v) is 9.42. The zero-order chi connectivity index (χ0) is 15.5. The van der Waals surface area contributed by atoms with Gasteiger partial charge in [-0.05, 0) is 37.5 Å². The molecule has 2 nitrogen and oxygen atoms in total. The fraction of sp³-hybridized carbons (Fsp3) is 1.00. The summed E-state index contributed by atoms with van der Waals surface area (Å²) < 4.78 is 0. The second-order valence-corrected chi connectivity index (χ2v) is 8.63. The van der Waals surface area contributed by atoms with Crippen molar-refractivity contribution in [2.75, 3.05) is 13.1 Å². The van der Waals surface area contributed by atoms with Gasteiger partial charge < -0.3 is 5.32 Å². The minimum Gasteiger partial charge on any atom is -0.311 e. The molecule has 0 spiro atoms. The molecule has 0 aromatic carbocycles. The lowest BCUT2D eigenvalue weighted by atomic mass is 9.78. The maximum Gasteiger partial charge on any atom is 0.0272 e. The zero-order valence-corrected chi connectivity index (χ0v) is 15.1. The number of nitrogens with one attached hydrogen (secondary N) is 1. The Balaban J connectivity index is 2.04. The Morgan fingerprint density at radius 2 is 1.81 bits per heavy atom. The summed E-state index contributed by atoms with van der Waals surface area (Å²) >= 11 is 0. The summed E-state index contributed by atoms with van der Waals surface area (Å²) in [6, 6.07) is 2.15. The summed E-state index contributed by atoms with van der Waals surface area (Å²) in [5.74, 6) is 0.927. The van der Waals surface area contributed by atoms with Crippen molar-refractivity contribution in [2.45, 2.75) is 97.7 Å². The molecule has 1 heterocycles. The van der Waals surface area contributed by atoms with Crippen molar-refractivity contribution in [1.82, 2.24) is 10.2 Å². The topological polar surface area (TPSA) is 15.3 Å². The van der Waals surface area contributed by atoms with E-state index in [-0.39, 0.29) is 0 Å². The molecular formula is C19H38N2. The Kier molecular flexibility index (Phi) is 6.14. The molecule has 1 N–H and O–H groups in total. The molecule has 1 aliphatic carbocycles. The summed E-state index contributed by atoms with van der Waals surface area (Å²) in [5, 5.41) is 3.93. The minimum absolute atomic E-state index is 0.368. The summed E-state index contributed by atoms with van der Waals surface area (Å²) in [7, 11) is 0. The molecule has 2 heteroatoms. The molecular weight excluding hydrogens is 256 g/mol. The van der Waals surface area contributed by atoms with Gasteiger partial charge in [0.15, 0.2) is 0 Å². The quantitative estimate of drug-likeness (QED) is 0.824. The molecule has 0 bridgehead atoms. The number of nitrogens with zero attached hydrogens (tertiary/aromatic N) is 1. The van der Waals surface area contributed by atoms with Crippen molar-refractivity contribution in [2.24, 2.45) is 11.3 Å². The normalized spacial score (nSPS) is 31.3. The van der Waals surface area contributed by atoms with Crippen LogP contribution >= 0.6 is 0 Å². The van der Waals surface area contributed by atoms with Crippen LogP contribution in [0, 0.1) is 11.3 Å². The average Bonchev–Trinajstić information content (AvgIpc) is 2.47. The lowest BCUT2D eigenvalue weighted by molar-refractivity contribution is 0.00856. The van der Waals surface area contributed by atoms with Crippen LogP contribution in [0.1, 0.15) is 79.6 Å². The van der Waals surface area contributed by atoms with Crippen LogP contribution in [0.2, 0.25) is 0 Å². The van der Waals surface area contributed by atoms with Crippen LogP contribution in [0.3, 0.4) is 0 Å². The Morgan fingerprint density at radius 1 is 1.14 bits per heavy atom. The zero-order valence-electron chi connectivity index (χ0n) is 15.1. The lowest BCUT2D eigenvalue weighted by Gasteiger charge is -2.51. The van der Waals surface area contributed by atoms with E-state index in [4.69, 9.17) is 0 Å². The van der Waals surface area contributed by atoms with Crippen molar-refractivity contribution in [3.05, 3.63) is 0 Å². The fourth-order valence-corrected chi connectivity index (χ4v) is 4.53. The van der Waals surface area contributed by atoms with Gasteiger partial charge in [-0.25, -0.2) is 0 Å². The second kappa shape index (κ2) is 7.46. The number of hydrogen-bond donors (Lipinski definition) is 1. The van der Waals surface area contributed by atoms with Gasteiger partial charge in [0.05, 0.1) is 0 Å². The third-order valence-corrected chi connectivity index (χ3v) is 5.87. The molecule has 0 radical (unpaired) electrons. The highest BCUT2D eigenvalue weighted by molar-refractivity contribution is 4.96. The second-order valence-electron chi connectivity index (χ2n) is 8.63. The van der Waals surface area contributed by atoms with Crippen molar-refractivity contribution in [1.29, 1.82) is 0 Å². The maximum atomic E-state index is 3.93. The highest BCUT2D eigenvalue weighted by Crippen LogP contribution is 2.33. The molecule has 0 aromatic rings. The van der Waals surface area contributed by atoms with E-state index in [9.17, 15) is 0 Å². The molecule has 124 valence electrons. The molecule has 21 heavy (non-hydrogen) atoms. The van der Waals surface area contributed by atoms with Crippen LogP contribution in [-0.4, -0.2) is 36.1 Å². The van der Waals surface area contributed by atoms with Gasteiger partial charge in [0.1, 0.15) is 0 Å². The van der Waals surface area contributed by atoms with Crippen LogP contribution < -0.4 is 5.32 Å². The first kappa shape index (κ1) is 17.3. The Labute approximate surface area is 133 Å². The van der Waals surface area contributed by atoms with Gasteiger partial charge in [-0.2, -0.15) is 0 Å². The van der Waals surface area contributed by atoms with E-state index < -0.39 is 0 Å². The fourth-order valence-electron chi connectivity index (χ4n) is 4.53. The lowest BCUT2D eigenvalue weighted by Crippen LogP contribution is -2.64. The summed E-state index contributed by atoms with van der Waals surface area (Å²) in [4.78, 5) is 2.85. The van der Waals surface area contributed by atoms with Gasteiger partial charge in [-0.15, -0.1) is 0 Å². The van der Waals surface area contributed by atoms with E-state index in [1.165, 1.54) is 58.0 Å². The largest absolute Gasteiger partial charge is 0.311 e. The van der Waals surface area contributed by atoms with Crippen molar-refractivity contribution in [3.8, 4) is 0 Å². The molecule has 0 amide bonds. The first-order chi connectivity index (χ1) is 9.93. The van der Waals surface area contributed by atoms with Gasteiger partial charge in [0, 0.05) is 31.2 Å². The van der Waals surface area contributed by atoms with E-state index in [0.717, 1.165) is 18.0 Å². The molecule has 2 aliphatic rings. The van der Waals surface area contributed by atoms with Crippen LogP contribution in [-0.2, 0) is 0 Å². The van der Waals surface area contributed by atoms with E-state index >= 15 is 0 Å². The van der Waals surface area contributed by atoms with Gasteiger partial charge in [0.25, 0.3) is 0 Å². The van der Waals surface area contributed by atoms with Gasteiger partial charge in [-0.3, -0.25) is 4.90 Å². The molecule has 1 saturated heterocycles. The van der Waals surface area contributed by atoms with E-state index in [1.807, 2.05) is 0 Å². The number of rotatable bonds is 4. The Bertz CT molecular complexity index is 301. The third kappa shape index (κ3) is 4.45. The average molecular weight is 295 g/mol. The van der Waals surface area contributed by atoms with E-state index in [2.05, 4.69) is 44.8 Å². The van der Waals surface area contributed by atoms with Crippen LogP contribution in [0.4, 0.5) is 0 Å². The molecule has 2 rings (SSSR count). The van der Waals surface area contributed by atoms with E-state index in [1.54, 1.807) is 0 Å². The Morgan fingerprint density at radius 3 is 2.38 bits per heavy atom. The SMILES string of the molecule is CCCC(C)N1CC(C2CCCCC2)NCC1C(C)(C)C. The highest BCUT2D eigenvalue weighted by Gasteiger charge is 2.39. The van der Waals surface area contributed by atoms with Crippen molar-refractivity contribution >= 4 is 0 Å². The van der Waals surface area contributed by atoms with Crippen molar-refractivity contribution in [3.63, 3.8) is 0 Å². The maximum absolute atomic E-state index is 3.93. The van der Waals surface area contributed by atoms with Gasteiger partial charge in [0.2, 0.25) is 0 Å². The highest BCUT2D eigenvalue weighted by atomic mass is 15.3. The molecule has 0 aromatic heterocycles. The predicted molar refractivity (Wildman–Crippen MR) is 92.7 cm³/mol. The van der Waals surface area contributed by atoms with Crippen LogP contribution in [0.25, 0.3) is 0 Å².